The molecule has 4 aliphatic carbocycles. The first-order valence-electron chi connectivity index (χ1n) is 14.3. The van der Waals surface area contributed by atoms with Crippen LogP contribution in [-0.4, -0.2) is 58.1 Å². The average molecular weight is 527 g/mol. The summed E-state index contributed by atoms with van der Waals surface area (Å²) in [6, 6.07) is 0.402. The largest absolute Gasteiger partial charge is 0.469 e. The number of ether oxygens (including phenoxy) is 1. The van der Waals surface area contributed by atoms with Crippen molar-refractivity contribution in [2.75, 3.05) is 26.5 Å². The summed E-state index contributed by atoms with van der Waals surface area (Å²) in [5.74, 6) is 2.81. The highest BCUT2D eigenvalue weighted by atomic mass is 32.2. The Morgan fingerprint density at radius 2 is 1.78 bits per heavy atom. The molecule has 4 rings (SSSR count). The minimum absolute atomic E-state index is 0.00610. The van der Waals surface area contributed by atoms with Crippen LogP contribution in [0.1, 0.15) is 85.0 Å². The third-order valence-corrected chi connectivity index (χ3v) is 12.1. The summed E-state index contributed by atoms with van der Waals surface area (Å²) in [7, 11) is -1.85. The van der Waals surface area contributed by atoms with E-state index in [0.29, 0.717) is 54.5 Å². The van der Waals surface area contributed by atoms with Crippen LogP contribution < -0.4 is 10.0 Å². The topological polar surface area (TPSA) is 105 Å². The molecule has 5 unspecified atom stereocenters. The summed E-state index contributed by atoms with van der Waals surface area (Å²) in [6.45, 7) is 8.06. The number of carbonyl (C=O) groups is 1. The maximum atomic E-state index is 12.5. The predicted molar refractivity (Wildman–Crippen MR) is 142 cm³/mol. The number of aliphatic hydroxyl groups excluding tert-OH is 1. The molecule has 0 aromatic heterocycles. The van der Waals surface area contributed by atoms with E-state index in [1.54, 1.807) is 0 Å². The molecule has 0 saturated heterocycles. The lowest BCUT2D eigenvalue weighted by Crippen LogP contribution is -2.62. The molecule has 0 aromatic carbocycles. The summed E-state index contributed by atoms with van der Waals surface area (Å²) < 4.78 is 33.1. The van der Waals surface area contributed by atoms with Crippen molar-refractivity contribution in [1.82, 2.24) is 10.0 Å². The van der Waals surface area contributed by atoms with Gasteiger partial charge in [-0.15, -0.1) is 0 Å². The third kappa shape index (κ3) is 5.39. The van der Waals surface area contributed by atoms with Crippen LogP contribution in [0.2, 0.25) is 0 Å². The van der Waals surface area contributed by atoms with E-state index in [9.17, 15) is 18.3 Å². The molecule has 0 aliphatic heterocycles. The van der Waals surface area contributed by atoms with E-state index in [1.807, 2.05) is 0 Å². The van der Waals surface area contributed by atoms with Crippen LogP contribution in [0.25, 0.3) is 0 Å². The van der Waals surface area contributed by atoms with Crippen molar-refractivity contribution in [3.05, 3.63) is 0 Å². The molecule has 7 nitrogen and oxygen atoms in total. The maximum absolute atomic E-state index is 12.5. The number of hydrogen-bond donors (Lipinski definition) is 3. The molecule has 0 aromatic rings. The number of esters is 1. The van der Waals surface area contributed by atoms with Crippen molar-refractivity contribution < 1.29 is 23.1 Å². The van der Waals surface area contributed by atoms with Gasteiger partial charge in [-0.05, 0) is 104 Å². The van der Waals surface area contributed by atoms with Crippen LogP contribution in [0.4, 0.5) is 0 Å². The number of carbonyl (C=O) groups excluding carboxylic acids is 1. The second-order valence-corrected chi connectivity index (χ2v) is 15.0. The van der Waals surface area contributed by atoms with Gasteiger partial charge in [0.05, 0.1) is 20.0 Å². The number of aliphatic hydroxyl groups is 1. The number of hydrogen-bond acceptors (Lipinski definition) is 6. The van der Waals surface area contributed by atoms with E-state index >= 15 is 0 Å². The Labute approximate surface area is 218 Å². The van der Waals surface area contributed by atoms with Gasteiger partial charge in [0, 0.05) is 25.0 Å². The van der Waals surface area contributed by atoms with E-state index in [0.717, 1.165) is 32.1 Å². The molecule has 208 valence electrons. The minimum Gasteiger partial charge on any atom is -0.469 e. The number of methoxy groups -OCH3 is 1. The molecule has 36 heavy (non-hydrogen) atoms. The monoisotopic (exact) mass is 526 g/mol. The first kappa shape index (κ1) is 28.3. The standard InChI is InChI=1S/C28H50N2O5S/c1-18(6-9-25(32)35-4)21-7-8-22-26-23(11-13-28(21,22)3)27(2)12-10-20(29-14-15-31)16-19(27)17-24(26)30-36(5,33)34/h18-24,26,29-31H,6-17H2,1-5H3/t18-,19+,20?,21?,22?,23?,24-,26?,27+,28-/m1/s1. The highest BCUT2D eigenvalue weighted by molar-refractivity contribution is 7.88. The van der Waals surface area contributed by atoms with Gasteiger partial charge in [0.2, 0.25) is 10.0 Å². The van der Waals surface area contributed by atoms with Crippen molar-refractivity contribution in [3.63, 3.8) is 0 Å². The fourth-order valence-electron chi connectivity index (χ4n) is 9.74. The first-order chi connectivity index (χ1) is 16.9. The molecular weight excluding hydrogens is 476 g/mol. The van der Waals surface area contributed by atoms with Crippen LogP contribution in [0.5, 0.6) is 0 Å². The molecule has 0 spiro atoms. The SMILES string of the molecule is COC(=O)CC[C@@H](C)C1CCC2C3C(CC[C@@]21C)[C@@]1(C)CCC(NCCO)C[C@H]1C[C@H]3NS(C)(=O)=O. The minimum atomic E-state index is -3.31. The first-order valence-corrected chi connectivity index (χ1v) is 16.2. The van der Waals surface area contributed by atoms with Gasteiger partial charge in [0.25, 0.3) is 0 Å². The molecule has 4 fully saturated rings. The Balaban J connectivity index is 1.59. The van der Waals surface area contributed by atoms with E-state index in [-0.39, 0.29) is 29.4 Å². The van der Waals surface area contributed by atoms with Crippen LogP contribution >= 0.6 is 0 Å². The summed E-state index contributed by atoms with van der Waals surface area (Å²) in [5, 5.41) is 12.8. The number of rotatable bonds is 9. The smallest absolute Gasteiger partial charge is 0.305 e. The zero-order chi connectivity index (χ0) is 26.3. The van der Waals surface area contributed by atoms with E-state index in [4.69, 9.17) is 4.74 Å². The molecule has 0 heterocycles. The molecule has 8 heteroatoms. The van der Waals surface area contributed by atoms with Crippen molar-refractivity contribution in [1.29, 1.82) is 0 Å². The Bertz CT molecular complexity index is 896. The van der Waals surface area contributed by atoms with Crippen molar-refractivity contribution in [3.8, 4) is 0 Å². The second-order valence-electron chi connectivity index (χ2n) is 13.2. The van der Waals surface area contributed by atoms with Crippen LogP contribution in [0, 0.1) is 46.3 Å². The molecule has 0 radical (unpaired) electrons. The van der Waals surface area contributed by atoms with Crippen LogP contribution in [0.15, 0.2) is 0 Å². The van der Waals surface area contributed by atoms with Gasteiger partial charge < -0.3 is 15.2 Å². The molecule has 4 aliphatic rings. The Kier molecular flexibility index (Phi) is 8.51. The van der Waals surface area contributed by atoms with Gasteiger partial charge in [0.15, 0.2) is 0 Å². The van der Waals surface area contributed by atoms with E-state index in [1.165, 1.54) is 39.0 Å². The average Bonchev–Trinajstić information content (AvgIpc) is 3.17. The molecular formula is C28H50N2O5S. The fraction of sp³-hybridized carbons (Fsp3) is 0.964. The van der Waals surface area contributed by atoms with Crippen molar-refractivity contribution in [2.24, 2.45) is 46.3 Å². The van der Waals surface area contributed by atoms with Gasteiger partial charge >= 0.3 is 5.97 Å². The van der Waals surface area contributed by atoms with Crippen molar-refractivity contribution >= 4 is 16.0 Å². The van der Waals surface area contributed by atoms with Crippen LogP contribution in [0.3, 0.4) is 0 Å². The normalized spacial score (nSPS) is 43.2. The molecule has 0 bridgehead atoms. The fourth-order valence-corrected chi connectivity index (χ4v) is 10.5. The second kappa shape index (κ2) is 10.8. The lowest BCUT2D eigenvalue weighted by atomic mass is 9.43. The summed E-state index contributed by atoms with van der Waals surface area (Å²) in [4.78, 5) is 11.8. The number of fused-ring (bicyclic) bond motifs is 5. The lowest BCUT2D eigenvalue weighted by Gasteiger charge is -2.63. The van der Waals surface area contributed by atoms with Crippen molar-refractivity contribution in [2.45, 2.75) is 97.1 Å². The predicted octanol–water partition coefficient (Wildman–Crippen LogP) is 3.71. The van der Waals surface area contributed by atoms with Gasteiger partial charge in [-0.25, -0.2) is 13.1 Å². The molecule has 10 atom stereocenters. The summed E-state index contributed by atoms with van der Waals surface area (Å²) >= 11 is 0. The lowest BCUT2D eigenvalue weighted by molar-refractivity contribution is -0.141. The number of sulfonamides is 1. The van der Waals surface area contributed by atoms with Crippen LogP contribution in [-0.2, 0) is 19.6 Å². The van der Waals surface area contributed by atoms with Gasteiger partial charge in [-0.1, -0.05) is 20.8 Å². The summed E-state index contributed by atoms with van der Waals surface area (Å²) in [5.41, 5.74) is 0.435. The highest BCUT2D eigenvalue weighted by Crippen LogP contribution is 2.68. The maximum Gasteiger partial charge on any atom is 0.305 e. The molecule has 4 saturated carbocycles. The highest BCUT2D eigenvalue weighted by Gasteiger charge is 2.63. The zero-order valence-electron chi connectivity index (χ0n) is 23.1. The van der Waals surface area contributed by atoms with Gasteiger partial charge in [-0.3, -0.25) is 4.79 Å². The quantitative estimate of drug-likeness (QED) is 0.396. The molecule has 0 amide bonds. The Morgan fingerprint density at radius 1 is 1.08 bits per heavy atom. The van der Waals surface area contributed by atoms with Gasteiger partial charge in [0.1, 0.15) is 0 Å². The Morgan fingerprint density at radius 3 is 2.44 bits per heavy atom. The number of nitrogens with one attached hydrogen (secondary N) is 2. The van der Waals surface area contributed by atoms with E-state index in [2.05, 4.69) is 30.8 Å². The summed E-state index contributed by atoms with van der Waals surface area (Å²) in [6.07, 6.45) is 11.6. The van der Waals surface area contributed by atoms with Gasteiger partial charge in [-0.2, -0.15) is 0 Å². The Hall–Kier alpha value is -0.700. The third-order valence-electron chi connectivity index (χ3n) is 11.4. The zero-order valence-corrected chi connectivity index (χ0v) is 23.9. The van der Waals surface area contributed by atoms with E-state index < -0.39 is 10.0 Å². The molecule has 3 N–H and O–H groups in total.